The van der Waals surface area contributed by atoms with Gasteiger partial charge in [0.25, 0.3) is 0 Å². The van der Waals surface area contributed by atoms with Crippen LogP contribution >= 0.6 is 11.3 Å². The van der Waals surface area contributed by atoms with E-state index >= 15 is 0 Å². The van der Waals surface area contributed by atoms with E-state index in [4.69, 9.17) is 15.9 Å². The van der Waals surface area contributed by atoms with Gasteiger partial charge in [0.05, 0.1) is 17.8 Å². The van der Waals surface area contributed by atoms with Crippen molar-refractivity contribution in [2.24, 2.45) is 5.73 Å². The van der Waals surface area contributed by atoms with Crippen molar-refractivity contribution in [3.63, 3.8) is 0 Å². The van der Waals surface area contributed by atoms with Crippen molar-refractivity contribution >= 4 is 17.2 Å². The number of nitrogen functional groups attached to an aromatic ring is 1. The monoisotopic (exact) mass is 262 g/mol. The van der Waals surface area contributed by atoms with Crippen molar-refractivity contribution in [3.05, 3.63) is 40.0 Å². The van der Waals surface area contributed by atoms with Crippen molar-refractivity contribution in [2.45, 2.75) is 13.3 Å². The lowest BCUT2D eigenvalue weighted by atomic mass is 10.3. The van der Waals surface area contributed by atoms with E-state index in [1.165, 1.54) is 4.88 Å². The van der Waals surface area contributed by atoms with Crippen LogP contribution in [0.3, 0.4) is 0 Å². The first-order valence-electron chi connectivity index (χ1n) is 5.50. The van der Waals surface area contributed by atoms with Crippen LogP contribution in [-0.2, 0) is 6.42 Å². The molecule has 6 heteroatoms. The highest BCUT2D eigenvalue weighted by molar-refractivity contribution is 7.09. The van der Waals surface area contributed by atoms with E-state index in [2.05, 4.69) is 9.97 Å². The Bertz CT molecular complexity index is 553. The molecule has 2 aromatic heterocycles. The summed E-state index contributed by atoms with van der Waals surface area (Å²) in [5.41, 5.74) is 8.68. The lowest BCUT2D eigenvalue weighted by Crippen LogP contribution is -2.13. The summed E-state index contributed by atoms with van der Waals surface area (Å²) >= 11 is 1.63. The van der Waals surface area contributed by atoms with E-state index in [-0.39, 0.29) is 5.84 Å². The van der Waals surface area contributed by atoms with Gasteiger partial charge >= 0.3 is 0 Å². The Hall–Kier alpha value is -1.95. The normalized spacial score (nSPS) is 10.3. The maximum absolute atomic E-state index is 7.30. The summed E-state index contributed by atoms with van der Waals surface area (Å²) in [4.78, 5) is 9.53. The van der Waals surface area contributed by atoms with Gasteiger partial charge in [-0.15, -0.1) is 11.3 Å². The molecule has 94 valence electrons. The standard InChI is InChI=1S/C12H14N4OS/c1-8-10(18-7-15-8)5-6-17-11-4-2-3-9(16-11)12(13)14/h2-4,7H,5-6H2,1H3,(H3,13,14). The molecule has 2 rings (SSSR count). The van der Waals surface area contributed by atoms with Gasteiger partial charge in [0.1, 0.15) is 11.5 Å². The van der Waals surface area contributed by atoms with Crippen LogP contribution < -0.4 is 10.5 Å². The molecule has 0 aliphatic heterocycles. The van der Waals surface area contributed by atoms with Crippen molar-refractivity contribution in [2.75, 3.05) is 6.61 Å². The molecule has 0 atom stereocenters. The average Bonchev–Trinajstić information content (AvgIpc) is 2.76. The minimum absolute atomic E-state index is 0.0567. The fourth-order valence-electron chi connectivity index (χ4n) is 1.46. The van der Waals surface area contributed by atoms with Gasteiger partial charge in [0.15, 0.2) is 0 Å². The number of nitrogens with zero attached hydrogens (tertiary/aromatic N) is 2. The van der Waals surface area contributed by atoms with Gasteiger partial charge in [-0.2, -0.15) is 0 Å². The predicted octanol–water partition coefficient (Wildman–Crippen LogP) is 1.75. The van der Waals surface area contributed by atoms with Gasteiger partial charge in [-0.25, -0.2) is 9.97 Å². The van der Waals surface area contributed by atoms with Crippen LogP contribution in [0, 0.1) is 12.3 Å². The van der Waals surface area contributed by atoms with Crippen molar-refractivity contribution in [3.8, 4) is 5.88 Å². The lowest BCUT2D eigenvalue weighted by Gasteiger charge is -2.05. The van der Waals surface area contributed by atoms with Crippen LogP contribution in [0.25, 0.3) is 0 Å². The summed E-state index contributed by atoms with van der Waals surface area (Å²) in [7, 11) is 0. The molecule has 5 nitrogen and oxygen atoms in total. The first-order chi connectivity index (χ1) is 8.66. The number of pyridine rings is 1. The minimum atomic E-state index is -0.0567. The van der Waals surface area contributed by atoms with E-state index < -0.39 is 0 Å². The summed E-state index contributed by atoms with van der Waals surface area (Å²) < 4.78 is 5.54. The zero-order chi connectivity index (χ0) is 13.0. The Labute approximate surface area is 109 Å². The molecule has 0 amide bonds. The number of aromatic nitrogens is 2. The molecule has 0 radical (unpaired) electrons. The smallest absolute Gasteiger partial charge is 0.213 e. The molecule has 3 N–H and O–H groups in total. The molecule has 0 aliphatic carbocycles. The number of ether oxygens (including phenoxy) is 1. The third kappa shape index (κ3) is 3.04. The van der Waals surface area contributed by atoms with Gasteiger partial charge < -0.3 is 10.5 Å². The van der Waals surface area contributed by atoms with Crippen LogP contribution in [0.15, 0.2) is 23.7 Å². The molecular formula is C12H14N4OS. The molecule has 0 bridgehead atoms. The molecule has 18 heavy (non-hydrogen) atoms. The number of aryl methyl sites for hydroxylation is 1. The molecule has 0 saturated heterocycles. The van der Waals surface area contributed by atoms with E-state index in [0.717, 1.165) is 12.1 Å². The number of amidine groups is 1. The number of rotatable bonds is 5. The highest BCUT2D eigenvalue weighted by Gasteiger charge is 2.04. The average molecular weight is 262 g/mol. The highest BCUT2D eigenvalue weighted by Crippen LogP contribution is 2.14. The quantitative estimate of drug-likeness (QED) is 0.635. The fraction of sp³-hybridized carbons (Fsp3) is 0.250. The van der Waals surface area contributed by atoms with Crippen LogP contribution in [0.1, 0.15) is 16.3 Å². The largest absolute Gasteiger partial charge is 0.477 e. The van der Waals surface area contributed by atoms with Gasteiger partial charge in [0.2, 0.25) is 5.88 Å². The molecule has 2 aromatic rings. The Kier molecular flexibility index (Phi) is 3.88. The summed E-state index contributed by atoms with van der Waals surface area (Å²) in [6, 6.07) is 5.21. The topological polar surface area (TPSA) is 84.9 Å². The second-order valence-electron chi connectivity index (χ2n) is 3.73. The number of hydrogen-bond acceptors (Lipinski definition) is 5. The SMILES string of the molecule is Cc1ncsc1CCOc1cccc(C(=N)N)n1. The lowest BCUT2D eigenvalue weighted by molar-refractivity contribution is 0.310. The third-order valence-corrected chi connectivity index (χ3v) is 3.42. The Balaban J connectivity index is 1.92. The molecule has 0 fully saturated rings. The summed E-state index contributed by atoms with van der Waals surface area (Å²) in [5.74, 6) is 0.434. The Morgan fingerprint density at radius 2 is 2.33 bits per heavy atom. The highest BCUT2D eigenvalue weighted by atomic mass is 32.1. The summed E-state index contributed by atoms with van der Waals surface area (Å²) in [6.07, 6.45) is 0.808. The fourth-order valence-corrected chi connectivity index (χ4v) is 2.22. The van der Waals surface area contributed by atoms with E-state index in [1.807, 2.05) is 12.4 Å². The minimum Gasteiger partial charge on any atom is -0.477 e. The number of nitrogens with two attached hydrogens (primary N) is 1. The summed E-state index contributed by atoms with van der Waals surface area (Å²) in [5, 5.41) is 7.30. The van der Waals surface area contributed by atoms with Gasteiger partial charge in [0, 0.05) is 17.4 Å². The Morgan fingerprint density at radius 1 is 1.50 bits per heavy atom. The van der Waals surface area contributed by atoms with E-state index in [1.54, 1.807) is 29.5 Å². The molecule has 2 heterocycles. The first-order valence-corrected chi connectivity index (χ1v) is 6.38. The summed E-state index contributed by atoms with van der Waals surface area (Å²) in [6.45, 7) is 2.53. The number of thiazole rings is 1. The van der Waals surface area contributed by atoms with Crippen LogP contribution in [0.4, 0.5) is 0 Å². The maximum Gasteiger partial charge on any atom is 0.213 e. The van der Waals surface area contributed by atoms with E-state index in [9.17, 15) is 0 Å². The molecule has 0 aromatic carbocycles. The second kappa shape index (κ2) is 5.59. The molecule has 0 unspecified atom stereocenters. The predicted molar refractivity (Wildman–Crippen MR) is 71.3 cm³/mol. The van der Waals surface area contributed by atoms with Crippen LogP contribution in [0.5, 0.6) is 5.88 Å². The first kappa shape index (κ1) is 12.5. The third-order valence-electron chi connectivity index (χ3n) is 2.42. The molecular weight excluding hydrogens is 248 g/mol. The zero-order valence-electron chi connectivity index (χ0n) is 10.0. The molecule has 0 aliphatic rings. The van der Waals surface area contributed by atoms with Crippen molar-refractivity contribution in [1.82, 2.24) is 9.97 Å². The van der Waals surface area contributed by atoms with Crippen molar-refractivity contribution < 1.29 is 4.74 Å². The van der Waals surface area contributed by atoms with Crippen LogP contribution in [-0.4, -0.2) is 22.4 Å². The van der Waals surface area contributed by atoms with Gasteiger partial charge in [-0.1, -0.05) is 6.07 Å². The van der Waals surface area contributed by atoms with Crippen molar-refractivity contribution in [1.29, 1.82) is 5.41 Å². The Morgan fingerprint density at radius 3 is 3.00 bits per heavy atom. The maximum atomic E-state index is 7.30. The van der Waals surface area contributed by atoms with Gasteiger partial charge in [-0.05, 0) is 13.0 Å². The number of hydrogen-bond donors (Lipinski definition) is 2. The van der Waals surface area contributed by atoms with Gasteiger partial charge in [-0.3, -0.25) is 5.41 Å². The van der Waals surface area contributed by atoms with E-state index in [0.29, 0.717) is 18.2 Å². The molecule has 0 saturated carbocycles. The second-order valence-corrected chi connectivity index (χ2v) is 4.67. The molecule has 0 spiro atoms. The number of nitrogens with one attached hydrogen (secondary N) is 1. The van der Waals surface area contributed by atoms with Crippen LogP contribution in [0.2, 0.25) is 0 Å². The zero-order valence-corrected chi connectivity index (χ0v) is 10.8.